The van der Waals surface area contributed by atoms with Gasteiger partial charge in [0.2, 0.25) is 0 Å². The van der Waals surface area contributed by atoms with Gasteiger partial charge in [0.15, 0.2) is 0 Å². The molecule has 0 bridgehead atoms. The first-order valence-corrected chi connectivity index (χ1v) is 8.49. The second-order valence-corrected chi connectivity index (χ2v) is 6.85. The van der Waals surface area contributed by atoms with E-state index >= 15 is 0 Å². The zero-order chi connectivity index (χ0) is 17.4. The first-order valence-electron chi connectivity index (χ1n) is 8.49. The average Bonchev–Trinajstić information content (AvgIpc) is 3.00. The van der Waals surface area contributed by atoms with Gasteiger partial charge in [0.1, 0.15) is 0 Å². The van der Waals surface area contributed by atoms with E-state index in [1.165, 1.54) is 16.7 Å². The van der Waals surface area contributed by atoms with Gasteiger partial charge < -0.3 is 4.90 Å². The lowest BCUT2D eigenvalue weighted by atomic mass is 10.1. The van der Waals surface area contributed by atoms with Crippen LogP contribution in [0.3, 0.4) is 0 Å². The van der Waals surface area contributed by atoms with Crippen LogP contribution < -0.4 is 0 Å². The quantitative estimate of drug-likeness (QED) is 0.737. The van der Waals surface area contributed by atoms with Crippen LogP contribution in [0.25, 0.3) is 10.9 Å². The molecule has 0 saturated heterocycles. The van der Waals surface area contributed by atoms with Crippen molar-refractivity contribution in [2.45, 2.75) is 19.6 Å². The summed E-state index contributed by atoms with van der Waals surface area (Å²) < 4.78 is 0. The Labute approximate surface area is 147 Å². The Morgan fingerprint density at radius 3 is 2.84 bits per heavy atom. The highest BCUT2D eigenvalue weighted by molar-refractivity contribution is 5.97. The van der Waals surface area contributed by atoms with E-state index < -0.39 is 0 Å². The van der Waals surface area contributed by atoms with Crippen molar-refractivity contribution in [1.29, 1.82) is 0 Å². The topological polar surface area (TPSA) is 36.4 Å². The average molecular weight is 331 g/mol. The van der Waals surface area contributed by atoms with Gasteiger partial charge in [-0.3, -0.25) is 14.7 Å². The molecule has 1 aromatic heterocycles. The monoisotopic (exact) mass is 331 g/mol. The predicted octanol–water partition coefficient (Wildman–Crippen LogP) is 3.45. The number of carbonyl (C=O) groups excluding carboxylic acids is 1. The fourth-order valence-corrected chi connectivity index (χ4v) is 3.49. The summed E-state index contributed by atoms with van der Waals surface area (Å²) in [5.74, 6) is 0.0309. The maximum Gasteiger partial charge on any atom is 0.253 e. The van der Waals surface area contributed by atoms with E-state index in [1.54, 1.807) is 11.1 Å². The van der Waals surface area contributed by atoms with Crippen LogP contribution >= 0.6 is 0 Å². The van der Waals surface area contributed by atoms with Gasteiger partial charge in [-0.15, -0.1) is 0 Å². The number of hydrogen-bond acceptors (Lipinski definition) is 3. The number of rotatable bonds is 3. The molecule has 0 fully saturated rings. The normalized spacial score (nSPS) is 13.8. The third-order valence-electron chi connectivity index (χ3n) is 4.77. The summed E-state index contributed by atoms with van der Waals surface area (Å²) in [6.45, 7) is 2.61. The van der Waals surface area contributed by atoms with Gasteiger partial charge in [-0.1, -0.05) is 24.3 Å². The Morgan fingerprint density at radius 1 is 1.12 bits per heavy atom. The van der Waals surface area contributed by atoms with Crippen LogP contribution in [0.2, 0.25) is 0 Å². The molecule has 2 heterocycles. The van der Waals surface area contributed by atoms with E-state index in [0.717, 1.165) is 24.0 Å². The van der Waals surface area contributed by atoms with Gasteiger partial charge in [-0.2, -0.15) is 0 Å². The molecule has 0 aliphatic carbocycles. The number of fused-ring (bicyclic) bond motifs is 2. The van der Waals surface area contributed by atoms with Crippen molar-refractivity contribution < 1.29 is 4.79 Å². The highest BCUT2D eigenvalue weighted by Gasteiger charge is 2.17. The summed E-state index contributed by atoms with van der Waals surface area (Å²) in [7, 11) is 3.99. The van der Waals surface area contributed by atoms with Crippen molar-refractivity contribution in [1.82, 2.24) is 14.8 Å². The molecule has 0 saturated carbocycles. The zero-order valence-corrected chi connectivity index (χ0v) is 14.6. The van der Waals surface area contributed by atoms with Gasteiger partial charge in [0, 0.05) is 43.8 Å². The summed E-state index contributed by atoms with van der Waals surface area (Å²) in [6, 6.07) is 16.1. The number of amides is 1. The van der Waals surface area contributed by atoms with Gasteiger partial charge in [-0.05, 0) is 48.0 Å². The minimum Gasteiger partial charge on any atom is -0.337 e. The first kappa shape index (κ1) is 15.8. The lowest BCUT2D eigenvalue weighted by Crippen LogP contribution is -2.26. The van der Waals surface area contributed by atoms with Gasteiger partial charge in [-0.25, -0.2) is 0 Å². The molecule has 4 rings (SSSR count). The minimum absolute atomic E-state index is 0.0309. The molecule has 2 aromatic carbocycles. The van der Waals surface area contributed by atoms with Crippen LogP contribution in [0.15, 0.2) is 54.7 Å². The van der Waals surface area contributed by atoms with Crippen LogP contribution in [0.5, 0.6) is 0 Å². The first-order chi connectivity index (χ1) is 12.1. The molecule has 1 aliphatic rings. The molecule has 1 amide bonds. The summed E-state index contributed by atoms with van der Waals surface area (Å²) in [4.78, 5) is 21.2. The van der Waals surface area contributed by atoms with Crippen molar-refractivity contribution in [2.24, 2.45) is 0 Å². The predicted molar refractivity (Wildman–Crippen MR) is 99.2 cm³/mol. The second-order valence-electron chi connectivity index (χ2n) is 6.85. The molecule has 4 heteroatoms. The molecule has 3 aromatic rings. The largest absolute Gasteiger partial charge is 0.337 e. The molecule has 25 heavy (non-hydrogen) atoms. The minimum atomic E-state index is 0.0309. The van der Waals surface area contributed by atoms with Crippen LogP contribution in [0, 0.1) is 0 Å². The Balaban J connectivity index is 1.53. The highest BCUT2D eigenvalue weighted by Crippen LogP contribution is 2.23. The van der Waals surface area contributed by atoms with Crippen LogP contribution in [0.4, 0.5) is 0 Å². The molecule has 4 nitrogen and oxygen atoms in total. The van der Waals surface area contributed by atoms with Crippen molar-refractivity contribution in [3.8, 4) is 0 Å². The van der Waals surface area contributed by atoms with Crippen molar-refractivity contribution >= 4 is 16.8 Å². The van der Waals surface area contributed by atoms with Crippen molar-refractivity contribution in [2.75, 3.05) is 14.1 Å². The van der Waals surface area contributed by atoms with Gasteiger partial charge in [0.05, 0.1) is 5.52 Å². The zero-order valence-electron chi connectivity index (χ0n) is 14.6. The van der Waals surface area contributed by atoms with Crippen LogP contribution in [0.1, 0.15) is 27.0 Å². The lowest BCUT2D eigenvalue weighted by Gasteiger charge is -2.18. The number of hydrogen-bond donors (Lipinski definition) is 0. The molecule has 0 spiro atoms. The molecule has 0 unspecified atom stereocenters. The molecule has 0 atom stereocenters. The second kappa shape index (κ2) is 6.30. The summed E-state index contributed by atoms with van der Waals surface area (Å²) >= 11 is 0. The summed E-state index contributed by atoms with van der Waals surface area (Å²) in [5.41, 5.74) is 5.54. The Morgan fingerprint density at radius 2 is 1.96 bits per heavy atom. The van der Waals surface area contributed by atoms with E-state index in [0.29, 0.717) is 12.1 Å². The fourth-order valence-electron chi connectivity index (χ4n) is 3.49. The number of nitrogens with zero attached hydrogens (tertiary/aromatic N) is 3. The Bertz CT molecular complexity index is 951. The van der Waals surface area contributed by atoms with E-state index in [9.17, 15) is 4.79 Å². The number of pyridine rings is 1. The smallest absolute Gasteiger partial charge is 0.253 e. The SMILES string of the molecule is CN1Cc2ccc(CN(C)C(=O)c3ccc4ncccc4c3)cc2C1. The molecule has 0 N–H and O–H groups in total. The fraction of sp³-hybridized carbons (Fsp3) is 0.238. The lowest BCUT2D eigenvalue weighted by molar-refractivity contribution is 0.0785. The summed E-state index contributed by atoms with van der Waals surface area (Å²) in [6.07, 6.45) is 1.77. The van der Waals surface area contributed by atoms with Crippen molar-refractivity contribution in [3.05, 3.63) is 77.0 Å². The van der Waals surface area contributed by atoms with Crippen molar-refractivity contribution in [3.63, 3.8) is 0 Å². The van der Waals surface area contributed by atoms with Gasteiger partial charge >= 0.3 is 0 Å². The van der Waals surface area contributed by atoms with Gasteiger partial charge in [0.25, 0.3) is 5.91 Å². The number of carbonyl (C=O) groups is 1. The van der Waals surface area contributed by atoms with E-state index in [1.807, 2.05) is 37.4 Å². The van der Waals surface area contributed by atoms with E-state index in [2.05, 4.69) is 35.1 Å². The van der Waals surface area contributed by atoms with E-state index in [-0.39, 0.29) is 5.91 Å². The molecule has 0 radical (unpaired) electrons. The van der Waals surface area contributed by atoms with Crippen LogP contribution in [-0.4, -0.2) is 34.8 Å². The Hall–Kier alpha value is -2.72. The van der Waals surface area contributed by atoms with E-state index in [4.69, 9.17) is 0 Å². The molecular weight excluding hydrogens is 310 g/mol. The maximum absolute atomic E-state index is 12.8. The summed E-state index contributed by atoms with van der Waals surface area (Å²) in [5, 5.41) is 0.988. The molecular formula is C21H21N3O. The third kappa shape index (κ3) is 3.13. The van der Waals surface area contributed by atoms with Crippen LogP contribution in [-0.2, 0) is 19.6 Å². The molecule has 1 aliphatic heterocycles. The Kier molecular flexibility index (Phi) is 3.98. The number of benzene rings is 2. The standard InChI is InChI=1S/C21H21N3O/c1-23-13-18-6-5-15(10-19(18)14-23)12-24(2)21(25)17-7-8-20-16(11-17)4-3-9-22-20/h3-11H,12-14H2,1-2H3. The third-order valence-corrected chi connectivity index (χ3v) is 4.77. The molecule has 126 valence electrons. The number of aromatic nitrogens is 1. The highest BCUT2D eigenvalue weighted by atomic mass is 16.2. The maximum atomic E-state index is 12.8.